The molecule has 1 aliphatic carbocycles. The Bertz CT molecular complexity index is 1530. The molecule has 0 atom stereocenters. The molecule has 1 aromatic carbocycles. The van der Waals surface area contributed by atoms with Crippen molar-refractivity contribution in [1.29, 1.82) is 0 Å². The number of aromatic nitrogens is 5. The molecule has 1 aliphatic heterocycles. The van der Waals surface area contributed by atoms with Crippen molar-refractivity contribution in [3.05, 3.63) is 54.0 Å². The van der Waals surface area contributed by atoms with E-state index >= 15 is 0 Å². The highest BCUT2D eigenvalue weighted by molar-refractivity contribution is 5.97. The molecule has 0 radical (unpaired) electrons. The van der Waals surface area contributed by atoms with Crippen LogP contribution in [-0.2, 0) is 7.05 Å². The number of amides is 1. The second-order valence-electron chi connectivity index (χ2n) is 11.2. The third kappa shape index (κ3) is 5.79. The number of carbonyl (C=O) groups excluding carboxylic acids is 1. The normalized spacial score (nSPS) is 17.2. The summed E-state index contributed by atoms with van der Waals surface area (Å²) < 4.78 is 23.7. The first-order chi connectivity index (χ1) is 19.2. The molecule has 11 heteroatoms. The lowest BCUT2D eigenvalue weighted by molar-refractivity contribution is 0.0762. The molecule has 1 saturated carbocycles. The molecule has 4 heterocycles. The maximum atomic E-state index is 14.2. The van der Waals surface area contributed by atoms with Gasteiger partial charge in [0.25, 0.3) is 5.91 Å². The molecule has 6 rings (SSSR count). The number of hydrogen-bond donors (Lipinski definition) is 2. The van der Waals surface area contributed by atoms with Gasteiger partial charge in [-0.1, -0.05) is 12.1 Å². The minimum atomic E-state index is -1.07. The van der Waals surface area contributed by atoms with E-state index in [4.69, 9.17) is 9.72 Å². The summed E-state index contributed by atoms with van der Waals surface area (Å²) in [6.07, 6.45) is 8.40. The van der Waals surface area contributed by atoms with Crippen LogP contribution in [-0.4, -0.2) is 73.1 Å². The van der Waals surface area contributed by atoms with E-state index in [1.807, 2.05) is 38.2 Å². The largest absolute Gasteiger partial charge is 0.436 e. The third-order valence-corrected chi connectivity index (χ3v) is 7.68. The maximum Gasteiger partial charge on any atom is 0.251 e. The predicted octanol–water partition coefficient (Wildman–Crippen LogP) is 4.36. The molecule has 2 aliphatic rings. The van der Waals surface area contributed by atoms with Gasteiger partial charge in [0.05, 0.1) is 18.6 Å². The monoisotopic (exact) mass is 546 g/mol. The number of nitrogens with zero attached hydrogens (tertiary/aromatic N) is 6. The van der Waals surface area contributed by atoms with Crippen molar-refractivity contribution in [3.63, 3.8) is 0 Å². The number of rotatable bonds is 9. The number of likely N-dealkylation sites (tertiary alicyclic amines) is 1. The van der Waals surface area contributed by atoms with Crippen molar-refractivity contribution >= 4 is 17.4 Å². The number of nitrogens with one attached hydrogen (secondary N) is 2. The Hall–Kier alpha value is -3.99. The van der Waals surface area contributed by atoms with Gasteiger partial charge < -0.3 is 20.3 Å². The van der Waals surface area contributed by atoms with Crippen LogP contribution in [0.5, 0.6) is 11.6 Å². The zero-order chi connectivity index (χ0) is 27.9. The fraction of sp³-hybridized carbons (Fsp3) is 0.448. The van der Waals surface area contributed by atoms with Gasteiger partial charge in [-0.2, -0.15) is 19.7 Å². The van der Waals surface area contributed by atoms with E-state index in [1.165, 1.54) is 0 Å². The summed E-state index contributed by atoms with van der Waals surface area (Å²) in [5.41, 5.74) is 2.87. The summed E-state index contributed by atoms with van der Waals surface area (Å²) in [6, 6.07) is 7.92. The smallest absolute Gasteiger partial charge is 0.251 e. The molecule has 2 N–H and O–H groups in total. The summed E-state index contributed by atoms with van der Waals surface area (Å²) in [5, 5.41) is 15.4. The van der Waals surface area contributed by atoms with Gasteiger partial charge in [-0.3, -0.25) is 9.48 Å². The highest BCUT2D eigenvalue weighted by Crippen LogP contribution is 2.31. The van der Waals surface area contributed by atoms with Crippen LogP contribution < -0.4 is 15.4 Å². The van der Waals surface area contributed by atoms with Crippen molar-refractivity contribution in [2.75, 3.05) is 31.5 Å². The molecule has 1 saturated heterocycles. The Morgan fingerprint density at radius 2 is 1.98 bits per heavy atom. The van der Waals surface area contributed by atoms with Gasteiger partial charge in [-0.05, 0) is 56.7 Å². The number of aryl methyl sites for hydroxylation is 2. The number of benzene rings is 1. The zero-order valence-corrected chi connectivity index (χ0v) is 23.2. The molecule has 0 bridgehead atoms. The SMILES string of the molecule is Cc1cc(-c2cnn3c(NCCN4CCC(C)(F)CC4)cc(Oc4cnn(C)c4)nc23)ccc1C(=O)NC1CC1. The Kier molecular flexibility index (Phi) is 6.91. The minimum Gasteiger partial charge on any atom is -0.436 e. The van der Waals surface area contributed by atoms with Crippen molar-refractivity contribution < 1.29 is 13.9 Å². The van der Waals surface area contributed by atoms with E-state index in [1.54, 1.807) is 34.7 Å². The lowest BCUT2D eigenvalue weighted by Gasteiger charge is -2.34. The first-order valence-electron chi connectivity index (χ1n) is 13.9. The van der Waals surface area contributed by atoms with Crippen LogP contribution in [0, 0.1) is 6.92 Å². The first-order valence-corrected chi connectivity index (χ1v) is 13.9. The summed E-state index contributed by atoms with van der Waals surface area (Å²) in [4.78, 5) is 19.7. The predicted molar refractivity (Wildman–Crippen MR) is 151 cm³/mol. The minimum absolute atomic E-state index is 0.0342. The van der Waals surface area contributed by atoms with Crippen molar-refractivity contribution in [2.45, 2.75) is 51.2 Å². The number of hydrogen-bond acceptors (Lipinski definition) is 7. The third-order valence-electron chi connectivity index (χ3n) is 7.68. The summed E-state index contributed by atoms with van der Waals surface area (Å²) in [7, 11) is 1.83. The van der Waals surface area contributed by atoms with Crippen LogP contribution in [0.15, 0.2) is 42.9 Å². The molecule has 40 heavy (non-hydrogen) atoms. The molecular formula is C29H35FN8O2. The quantitative estimate of drug-likeness (QED) is 0.322. The fourth-order valence-corrected chi connectivity index (χ4v) is 5.06. The lowest BCUT2D eigenvalue weighted by atomic mass is 9.96. The van der Waals surface area contributed by atoms with Gasteiger partial charge >= 0.3 is 0 Å². The standard InChI is InChI=1S/C29H35FN8O2/c1-19-14-20(4-7-23(19)28(39)34-21-5-6-21)24-17-33-38-25(31-10-13-37-11-8-29(2,30)9-12-37)15-26(35-27(24)38)40-22-16-32-36(3)18-22/h4,7,14-18,21,31H,5-6,8-13H2,1-3H3,(H,34,39). The van der Waals surface area contributed by atoms with Crippen LogP contribution in [0.1, 0.15) is 48.5 Å². The topological polar surface area (TPSA) is 102 Å². The zero-order valence-electron chi connectivity index (χ0n) is 23.2. The van der Waals surface area contributed by atoms with Gasteiger partial charge in [0, 0.05) is 56.5 Å². The van der Waals surface area contributed by atoms with Gasteiger partial charge in [0.1, 0.15) is 11.5 Å². The van der Waals surface area contributed by atoms with Crippen molar-refractivity contribution in [1.82, 2.24) is 34.6 Å². The Morgan fingerprint density at radius 1 is 1.18 bits per heavy atom. The fourth-order valence-electron chi connectivity index (χ4n) is 5.06. The second-order valence-corrected chi connectivity index (χ2v) is 11.2. The number of anilines is 1. The van der Waals surface area contributed by atoms with Gasteiger partial charge in [0.15, 0.2) is 11.4 Å². The van der Waals surface area contributed by atoms with Gasteiger partial charge in [0.2, 0.25) is 5.88 Å². The Labute approximate surface area is 232 Å². The number of ether oxygens (including phenoxy) is 1. The molecule has 210 valence electrons. The van der Waals surface area contributed by atoms with Crippen molar-refractivity contribution in [3.8, 4) is 22.8 Å². The molecule has 10 nitrogen and oxygen atoms in total. The maximum absolute atomic E-state index is 14.2. The Morgan fingerprint density at radius 3 is 2.67 bits per heavy atom. The number of alkyl halides is 1. The van der Waals surface area contributed by atoms with E-state index in [-0.39, 0.29) is 5.91 Å². The summed E-state index contributed by atoms with van der Waals surface area (Å²) >= 11 is 0. The van der Waals surface area contributed by atoms with Crippen molar-refractivity contribution in [2.24, 2.45) is 7.05 Å². The average molecular weight is 547 g/mol. The molecule has 1 amide bonds. The van der Waals surface area contributed by atoms with Crippen LogP contribution in [0.25, 0.3) is 16.8 Å². The molecule has 4 aromatic rings. The second kappa shape index (κ2) is 10.5. The molecule has 0 unspecified atom stereocenters. The van der Waals surface area contributed by atoms with E-state index in [0.29, 0.717) is 48.3 Å². The van der Waals surface area contributed by atoms with E-state index in [2.05, 4.69) is 25.7 Å². The highest BCUT2D eigenvalue weighted by Gasteiger charge is 2.29. The molecule has 3 aromatic heterocycles. The number of fused-ring (bicyclic) bond motifs is 1. The van der Waals surface area contributed by atoms with Crippen LogP contribution >= 0.6 is 0 Å². The summed E-state index contributed by atoms with van der Waals surface area (Å²) in [5.74, 6) is 1.69. The number of halogens is 1. The molecule has 2 fully saturated rings. The Balaban J connectivity index is 1.27. The average Bonchev–Trinajstić information content (AvgIpc) is 3.47. The number of piperidine rings is 1. The van der Waals surface area contributed by atoms with E-state index in [0.717, 1.165) is 55.0 Å². The van der Waals surface area contributed by atoms with Crippen LogP contribution in [0.2, 0.25) is 0 Å². The lowest BCUT2D eigenvalue weighted by Crippen LogP contribution is -2.41. The van der Waals surface area contributed by atoms with E-state index in [9.17, 15) is 9.18 Å². The summed E-state index contributed by atoms with van der Waals surface area (Å²) in [6.45, 7) is 6.57. The number of carbonyl (C=O) groups is 1. The highest BCUT2D eigenvalue weighted by atomic mass is 19.1. The molecular weight excluding hydrogens is 511 g/mol. The van der Waals surface area contributed by atoms with Crippen LogP contribution in [0.4, 0.5) is 10.2 Å². The molecule has 0 spiro atoms. The van der Waals surface area contributed by atoms with Crippen LogP contribution in [0.3, 0.4) is 0 Å². The first kappa shape index (κ1) is 26.2. The van der Waals surface area contributed by atoms with E-state index < -0.39 is 5.67 Å². The van der Waals surface area contributed by atoms with Gasteiger partial charge in [-0.25, -0.2) is 4.39 Å². The van der Waals surface area contributed by atoms with Gasteiger partial charge in [-0.15, -0.1) is 0 Å².